The van der Waals surface area contributed by atoms with Crippen molar-refractivity contribution >= 4 is 23.5 Å². The molecule has 0 bridgehead atoms. The highest BCUT2D eigenvalue weighted by molar-refractivity contribution is 6.06. The molecule has 1 heterocycles. The van der Waals surface area contributed by atoms with Crippen molar-refractivity contribution in [3.63, 3.8) is 0 Å². The van der Waals surface area contributed by atoms with E-state index < -0.39 is 11.9 Å². The molecule has 0 saturated heterocycles. The van der Waals surface area contributed by atoms with Gasteiger partial charge in [-0.1, -0.05) is 38.8 Å². The quantitative estimate of drug-likeness (QED) is 0.724. The summed E-state index contributed by atoms with van der Waals surface area (Å²) in [5.74, 6) is -0.402. The molecule has 1 aromatic heterocycles. The number of hydrogen-bond donors (Lipinski definition) is 2. The Labute approximate surface area is 169 Å². The van der Waals surface area contributed by atoms with Crippen LogP contribution in [0.3, 0.4) is 0 Å². The van der Waals surface area contributed by atoms with E-state index in [1.54, 1.807) is 24.3 Å². The third-order valence-corrected chi connectivity index (χ3v) is 5.53. The largest absolute Gasteiger partial charge is 0.459 e. The molecule has 29 heavy (non-hydrogen) atoms. The first-order valence-corrected chi connectivity index (χ1v) is 9.86. The minimum absolute atomic E-state index is 0.102. The molecule has 1 saturated carbocycles. The second kappa shape index (κ2) is 9.41. The Morgan fingerprint density at radius 3 is 2.66 bits per heavy atom. The van der Waals surface area contributed by atoms with Crippen molar-refractivity contribution in [2.75, 3.05) is 11.9 Å². The summed E-state index contributed by atoms with van der Waals surface area (Å²) in [6, 6.07) is 9.68. The molecule has 1 aromatic carbocycles. The molecule has 0 spiro atoms. The number of anilines is 1. The van der Waals surface area contributed by atoms with Gasteiger partial charge in [0, 0.05) is 6.04 Å². The number of rotatable bonds is 6. The molecule has 0 unspecified atom stereocenters. The maximum atomic E-state index is 12.5. The maximum Gasteiger partial charge on any atom is 0.340 e. The van der Waals surface area contributed by atoms with Crippen LogP contribution in [0.4, 0.5) is 5.69 Å². The highest BCUT2D eigenvalue weighted by Gasteiger charge is 2.28. The van der Waals surface area contributed by atoms with Crippen molar-refractivity contribution in [1.29, 1.82) is 0 Å². The maximum absolute atomic E-state index is 12.5. The summed E-state index contributed by atoms with van der Waals surface area (Å²) in [7, 11) is 0. The van der Waals surface area contributed by atoms with E-state index >= 15 is 0 Å². The lowest BCUT2D eigenvalue weighted by molar-refractivity contribution is -0.125. The standard InChI is InChI=1S/C22H26N2O5/c1-14-7-5-10-17(15(14)2)23-20(25)13-29-22(27)16-8-3-4-9-18(16)24-21(26)19-11-6-12-28-19/h3-4,6,8-9,11-12,14-15,17H,5,7,10,13H2,1-2H3,(H,23,25)(H,24,26)/t14-,15-,17-/m1/s1. The molecule has 7 nitrogen and oxygen atoms in total. The lowest BCUT2D eigenvalue weighted by atomic mass is 9.78. The summed E-state index contributed by atoms with van der Waals surface area (Å²) in [5, 5.41) is 5.60. The van der Waals surface area contributed by atoms with Gasteiger partial charge in [0.2, 0.25) is 0 Å². The van der Waals surface area contributed by atoms with Crippen LogP contribution in [0.5, 0.6) is 0 Å². The van der Waals surface area contributed by atoms with E-state index in [-0.39, 0.29) is 35.6 Å². The van der Waals surface area contributed by atoms with E-state index in [1.807, 2.05) is 0 Å². The molecule has 0 radical (unpaired) electrons. The van der Waals surface area contributed by atoms with Crippen LogP contribution in [0.1, 0.15) is 54.0 Å². The summed E-state index contributed by atoms with van der Waals surface area (Å²) in [5.41, 5.74) is 0.453. The van der Waals surface area contributed by atoms with Crippen LogP contribution in [0.2, 0.25) is 0 Å². The van der Waals surface area contributed by atoms with Gasteiger partial charge in [-0.05, 0) is 42.5 Å². The Morgan fingerprint density at radius 2 is 1.90 bits per heavy atom. The Hall–Kier alpha value is -3.09. The second-order valence-electron chi connectivity index (χ2n) is 7.49. The Bertz CT molecular complexity index is 862. The van der Waals surface area contributed by atoms with Crippen molar-refractivity contribution in [3.8, 4) is 0 Å². The third-order valence-electron chi connectivity index (χ3n) is 5.53. The van der Waals surface area contributed by atoms with Crippen LogP contribution < -0.4 is 10.6 Å². The Morgan fingerprint density at radius 1 is 1.10 bits per heavy atom. The van der Waals surface area contributed by atoms with Gasteiger partial charge in [-0.15, -0.1) is 0 Å². The average Bonchev–Trinajstić information content (AvgIpc) is 3.25. The van der Waals surface area contributed by atoms with Gasteiger partial charge in [-0.2, -0.15) is 0 Å². The number of esters is 1. The van der Waals surface area contributed by atoms with Gasteiger partial charge in [0.25, 0.3) is 11.8 Å². The molecule has 3 rings (SSSR count). The van der Waals surface area contributed by atoms with Crippen molar-refractivity contribution in [2.24, 2.45) is 11.8 Å². The predicted molar refractivity (Wildman–Crippen MR) is 107 cm³/mol. The molecule has 2 aromatic rings. The second-order valence-corrected chi connectivity index (χ2v) is 7.49. The van der Waals surface area contributed by atoms with E-state index in [2.05, 4.69) is 24.5 Å². The Kier molecular flexibility index (Phi) is 6.69. The minimum atomic E-state index is -0.680. The monoisotopic (exact) mass is 398 g/mol. The van der Waals surface area contributed by atoms with Crippen LogP contribution in [-0.4, -0.2) is 30.4 Å². The fraction of sp³-hybridized carbons (Fsp3) is 0.409. The molecule has 1 aliphatic rings. The van der Waals surface area contributed by atoms with E-state index in [0.717, 1.165) is 12.8 Å². The van der Waals surface area contributed by atoms with Gasteiger partial charge >= 0.3 is 5.97 Å². The van der Waals surface area contributed by atoms with Gasteiger partial charge in [0.1, 0.15) is 0 Å². The number of furan rings is 1. The summed E-state index contributed by atoms with van der Waals surface area (Å²) in [4.78, 5) is 36.9. The number of nitrogens with one attached hydrogen (secondary N) is 2. The van der Waals surface area contributed by atoms with Crippen LogP contribution in [0.25, 0.3) is 0 Å². The van der Waals surface area contributed by atoms with Crippen molar-refractivity contribution in [2.45, 2.75) is 39.2 Å². The highest BCUT2D eigenvalue weighted by Crippen LogP contribution is 2.29. The van der Waals surface area contributed by atoms with Crippen LogP contribution in [0, 0.1) is 11.8 Å². The van der Waals surface area contributed by atoms with Gasteiger partial charge in [0.15, 0.2) is 12.4 Å². The minimum Gasteiger partial charge on any atom is -0.459 e. The topological polar surface area (TPSA) is 97.6 Å². The van der Waals surface area contributed by atoms with Crippen LogP contribution >= 0.6 is 0 Å². The fourth-order valence-electron chi connectivity index (χ4n) is 3.60. The number of carbonyl (C=O) groups excluding carboxylic acids is 3. The van der Waals surface area contributed by atoms with E-state index in [9.17, 15) is 14.4 Å². The predicted octanol–water partition coefficient (Wildman–Crippen LogP) is 3.63. The molecule has 0 aliphatic heterocycles. The molecular formula is C22H26N2O5. The molecule has 1 aliphatic carbocycles. The summed E-state index contributed by atoms with van der Waals surface area (Å²) in [6.07, 6.45) is 4.58. The van der Waals surface area contributed by atoms with Crippen LogP contribution in [0.15, 0.2) is 47.1 Å². The number of carbonyl (C=O) groups is 3. The first kappa shape index (κ1) is 20.6. The number of ether oxygens (including phenoxy) is 1. The Balaban J connectivity index is 1.57. The average molecular weight is 398 g/mol. The smallest absolute Gasteiger partial charge is 0.340 e. The molecule has 1 fully saturated rings. The number of benzene rings is 1. The van der Waals surface area contributed by atoms with E-state index in [4.69, 9.17) is 9.15 Å². The number of amides is 2. The molecular weight excluding hydrogens is 372 g/mol. The molecule has 3 atom stereocenters. The van der Waals surface area contributed by atoms with E-state index in [1.165, 1.54) is 24.8 Å². The lowest BCUT2D eigenvalue weighted by Gasteiger charge is -2.34. The van der Waals surface area contributed by atoms with Gasteiger partial charge in [0.05, 0.1) is 17.5 Å². The molecule has 7 heteroatoms. The summed E-state index contributed by atoms with van der Waals surface area (Å²) < 4.78 is 10.2. The molecule has 2 N–H and O–H groups in total. The van der Waals surface area contributed by atoms with Crippen molar-refractivity contribution in [3.05, 3.63) is 54.0 Å². The zero-order chi connectivity index (χ0) is 20.8. The molecule has 2 amide bonds. The zero-order valence-corrected chi connectivity index (χ0v) is 16.6. The van der Waals surface area contributed by atoms with Crippen molar-refractivity contribution in [1.82, 2.24) is 5.32 Å². The first-order chi connectivity index (χ1) is 14.0. The SMILES string of the molecule is C[C@@H]1[C@H](C)CCC[C@H]1NC(=O)COC(=O)c1ccccc1NC(=O)c1ccco1. The van der Waals surface area contributed by atoms with Gasteiger partial charge in [-0.25, -0.2) is 4.79 Å². The summed E-state index contributed by atoms with van der Waals surface area (Å²) >= 11 is 0. The van der Waals surface area contributed by atoms with Crippen molar-refractivity contribution < 1.29 is 23.5 Å². The van der Waals surface area contributed by atoms with Gasteiger partial charge < -0.3 is 19.8 Å². The lowest BCUT2D eigenvalue weighted by Crippen LogP contribution is -2.45. The van der Waals surface area contributed by atoms with E-state index in [0.29, 0.717) is 11.8 Å². The first-order valence-electron chi connectivity index (χ1n) is 9.86. The number of hydrogen-bond acceptors (Lipinski definition) is 5. The fourth-order valence-corrected chi connectivity index (χ4v) is 3.60. The van der Waals surface area contributed by atoms with Crippen LogP contribution in [-0.2, 0) is 9.53 Å². The number of para-hydroxylation sites is 1. The normalized spacial score (nSPS) is 21.2. The summed E-state index contributed by atoms with van der Waals surface area (Å²) in [6.45, 7) is 3.96. The highest BCUT2D eigenvalue weighted by atomic mass is 16.5. The zero-order valence-electron chi connectivity index (χ0n) is 16.6. The van der Waals surface area contributed by atoms with Gasteiger partial charge in [-0.3, -0.25) is 9.59 Å². The molecule has 154 valence electrons. The third kappa shape index (κ3) is 5.25.